The topological polar surface area (TPSA) is 60.7 Å². The smallest absolute Gasteiger partial charge is 0.128 e. The first-order valence-electron chi connectivity index (χ1n) is 2.92. The van der Waals surface area contributed by atoms with Gasteiger partial charge in [-0.05, 0) is 0 Å². The molecular formula is C6H12O3S. The number of aliphatic hydroxyl groups is 3. The van der Waals surface area contributed by atoms with E-state index in [2.05, 4.69) is 6.58 Å². The quantitative estimate of drug-likeness (QED) is 0.381. The summed E-state index contributed by atoms with van der Waals surface area (Å²) in [5, 5.41) is 26.1. The van der Waals surface area contributed by atoms with Crippen LogP contribution in [0, 0.1) is 0 Å². The molecule has 2 atom stereocenters. The minimum Gasteiger partial charge on any atom is -0.394 e. The Morgan fingerprint density at radius 3 is 2.50 bits per heavy atom. The summed E-state index contributed by atoms with van der Waals surface area (Å²) in [6.07, 6.45) is 0.572. The van der Waals surface area contributed by atoms with E-state index < -0.39 is 18.1 Å². The number of hydrogen-bond acceptors (Lipinski definition) is 4. The molecule has 3 N–H and O–H groups in total. The second kappa shape index (κ2) is 5.73. The third kappa shape index (κ3) is 3.90. The zero-order chi connectivity index (χ0) is 7.98. The predicted molar refractivity (Wildman–Crippen MR) is 41.8 cm³/mol. The average molecular weight is 164 g/mol. The first-order valence-corrected chi connectivity index (χ1v) is 3.96. The van der Waals surface area contributed by atoms with Crippen molar-refractivity contribution in [1.29, 1.82) is 0 Å². The van der Waals surface area contributed by atoms with Gasteiger partial charge in [0.2, 0.25) is 0 Å². The van der Waals surface area contributed by atoms with Gasteiger partial charge in [-0.25, -0.2) is 0 Å². The van der Waals surface area contributed by atoms with Crippen molar-refractivity contribution in [3.05, 3.63) is 12.7 Å². The molecule has 0 spiro atoms. The van der Waals surface area contributed by atoms with Crippen molar-refractivity contribution in [3.63, 3.8) is 0 Å². The molecule has 0 saturated carbocycles. The molecule has 0 aliphatic rings. The molecular weight excluding hydrogens is 152 g/mol. The molecule has 0 aromatic carbocycles. The molecule has 4 heteroatoms. The highest BCUT2D eigenvalue weighted by atomic mass is 32.2. The first kappa shape index (κ1) is 9.97. The van der Waals surface area contributed by atoms with Gasteiger partial charge in [0.1, 0.15) is 11.5 Å². The maximum Gasteiger partial charge on any atom is 0.128 e. The van der Waals surface area contributed by atoms with Gasteiger partial charge in [-0.1, -0.05) is 6.08 Å². The van der Waals surface area contributed by atoms with Crippen LogP contribution in [0.5, 0.6) is 0 Å². The monoisotopic (exact) mass is 164 g/mol. The maximum atomic E-state index is 8.95. The molecule has 60 valence electrons. The Morgan fingerprint density at radius 1 is 1.50 bits per heavy atom. The molecule has 0 fully saturated rings. The van der Waals surface area contributed by atoms with E-state index >= 15 is 0 Å². The van der Waals surface area contributed by atoms with E-state index in [0.717, 1.165) is 11.8 Å². The molecule has 0 aliphatic heterocycles. The fourth-order valence-corrected chi connectivity index (χ4v) is 1.01. The van der Waals surface area contributed by atoms with Gasteiger partial charge in [0.25, 0.3) is 0 Å². The third-order valence-corrected chi connectivity index (χ3v) is 1.98. The second-order valence-electron chi connectivity index (χ2n) is 1.76. The minimum atomic E-state index is -1.05. The van der Waals surface area contributed by atoms with Gasteiger partial charge in [0.15, 0.2) is 0 Å². The van der Waals surface area contributed by atoms with Crippen molar-refractivity contribution >= 4 is 11.8 Å². The number of aliphatic hydroxyl groups excluding tert-OH is 3. The van der Waals surface area contributed by atoms with Crippen molar-refractivity contribution in [2.45, 2.75) is 11.5 Å². The molecule has 0 aliphatic carbocycles. The van der Waals surface area contributed by atoms with Crippen LogP contribution in [0.2, 0.25) is 0 Å². The van der Waals surface area contributed by atoms with Crippen LogP contribution in [0.3, 0.4) is 0 Å². The Bertz CT molecular complexity index is 97.0. The summed E-state index contributed by atoms with van der Waals surface area (Å²) < 4.78 is 0. The zero-order valence-electron chi connectivity index (χ0n) is 5.60. The van der Waals surface area contributed by atoms with Crippen LogP contribution in [0.25, 0.3) is 0 Å². The van der Waals surface area contributed by atoms with Gasteiger partial charge in [-0.2, -0.15) is 0 Å². The van der Waals surface area contributed by atoms with Gasteiger partial charge in [0, 0.05) is 5.75 Å². The summed E-state index contributed by atoms with van der Waals surface area (Å²) in [5.74, 6) is 0.568. The molecule has 0 saturated heterocycles. The summed E-state index contributed by atoms with van der Waals surface area (Å²) in [6, 6.07) is 0. The molecule has 0 aromatic rings. The summed E-state index contributed by atoms with van der Waals surface area (Å²) in [6.45, 7) is 3.03. The van der Waals surface area contributed by atoms with E-state index in [0.29, 0.717) is 5.75 Å². The van der Waals surface area contributed by atoms with E-state index in [1.807, 2.05) is 0 Å². The predicted octanol–water partition coefficient (Wildman–Crippen LogP) is -0.423. The fourth-order valence-electron chi connectivity index (χ4n) is 0.368. The summed E-state index contributed by atoms with van der Waals surface area (Å²) >= 11 is 1.14. The molecule has 0 aromatic heterocycles. The van der Waals surface area contributed by atoms with Crippen LogP contribution in [0.15, 0.2) is 12.7 Å². The lowest BCUT2D eigenvalue weighted by molar-refractivity contribution is 0.0286. The largest absolute Gasteiger partial charge is 0.394 e. The van der Waals surface area contributed by atoms with Crippen molar-refractivity contribution in [2.24, 2.45) is 0 Å². The summed E-state index contributed by atoms with van der Waals surface area (Å²) in [4.78, 5) is 0. The molecule has 0 bridgehead atoms. The van der Waals surface area contributed by atoms with Crippen molar-refractivity contribution in [2.75, 3.05) is 12.4 Å². The zero-order valence-corrected chi connectivity index (χ0v) is 6.42. The van der Waals surface area contributed by atoms with Crippen LogP contribution in [-0.4, -0.2) is 39.2 Å². The minimum absolute atomic E-state index is 0.411. The summed E-state index contributed by atoms with van der Waals surface area (Å²) in [7, 11) is 0. The van der Waals surface area contributed by atoms with Crippen LogP contribution >= 0.6 is 11.8 Å². The second-order valence-corrected chi connectivity index (χ2v) is 2.91. The highest BCUT2D eigenvalue weighted by Gasteiger charge is 2.13. The number of rotatable bonds is 5. The van der Waals surface area contributed by atoms with E-state index in [1.54, 1.807) is 6.08 Å². The summed E-state index contributed by atoms with van der Waals surface area (Å²) in [5.41, 5.74) is -0.914. The highest BCUT2D eigenvalue weighted by molar-refractivity contribution is 7.99. The van der Waals surface area contributed by atoms with E-state index in [4.69, 9.17) is 15.3 Å². The molecule has 0 radical (unpaired) electrons. The standard InChI is InChI=1S/C6H12O3S/c1-2-3-10-6(9)5(8)4-7/h2,5-9H,1,3-4H2. The van der Waals surface area contributed by atoms with Crippen LogP contribution < -0.4 is 0 Å². The van der Waals surface area contributed by atoms with E-state index in [9.17, 15) is 0 Å². The van der Waals surface area contributed by atoms with Crippen molar-refractivity contribution in [3.8, 4) is 0 Å². The third-order valence-electron chi connectivity index (χ3n) is 0.901. The van der Waals surface area contributed by atoms with Crippen LogP contribution in [0.1, 0.15) is 0 Å². The van der Waals surface area contributed by atoms with Gasteiger partial charge in [-0.3, -0.25) is 0 Å². The molecule has 2 unspecified atom stereocenters. The van der Waals surface area contributed by atoms with Crippen LogP contribution in [-0.2, 0) is 0 Å². The molecule has 0 heterocycles. The Hall–Kier alpha value is -0.0300. The van der Waals surface area contributed by atoms with Crippen molar-refractivity contribution in [1.82, 2.24) is 0 Å². The van der Waals surface area contributed by atoms with Gasteiger partial charge < -0.3 is 15.3 Å². The van der Waals surface area contributed by atoms with Gasteiger partial charge >= 0.3 is 0 Å². The SMILES string of the molecule is C=CCSC(O)C(O)CO. The lowest BCUT2D eigenvalue weighted by Gasteiger charge is -2.13. The van der Waals surface area contributed by atoms with Crippen LogP contribution in [0.4, 0.5) is 0 Å². The van der Waals surface area contributed by atoms with Gasteiger partial charge in [-0.15, -0.1) is 18.3 Å². The van der Waals surface area contributed by atoms with E-state index in [-0.39, 0.29) is 0 Å². The number of thioether (sulfide) groups is 1. The highest BCUT2D eigenvalue weighted by Crippen LogP contribution is 2.11. The maximum absolute atomic E-state index is 8.95. The lowest BCUT2D eigenvalue weighted by atomic mass is 10.4. The molecule has 3 nitrogen and oxygen atoms in total. The molecule has 10 heavy (non-hydrogen) atoms. The normalized spacial score (nSPS) is 16.3. The first-order chi connectivity index (χ1) is 4.72. The Balaban J connectivity index is 3.40. The Labute approximate surface area is 64.4 Å². The molecule has 0 amide bonds. The molecule has 0 rings (SSSR count). The Kier molecular flexibility index (Phi) is 5.71. The van der Waals surface area contributed by atoms with E-state index in [1.165, 1.54) is 0 Å². The van der Waals surface area contributed by atoms with Gasteiger partial charge in [0.05, 0.1) is 6.61 Å². The van der Waals surface area contributed by atoms with Crippen molar-refractivity contribution < 1.29 is 15.3 Å². The number of hydrogen-bond donors (Lipinski definition) is 3. The average Bonchev–Trinajstić information content (AvgIpc) is 1.98. The fraction of sp³-hybridized carbons (Fsp3) is 0.667. The lowest BCUT2D eigenvalue weighted by Crippen LogP contribution is -2.26. The Morgan fingerprint density at radius 2 is 2.10 bits per heavy atom.